The van der Waals surface area contributed by atoms with Gasteiger partial charge in [0.1, 0.15) is 5.82 Å². The molecule has 1 aromatic carbocycles. The van der Waals surface area contributed by atoms with Crippen molar-refractivity contribution in [3.63, 3.8) is 0 Å². The van der Waals surface area contributed by atoms with Crippen molar-refractivity contribution in [1.82, 2.24) is 9.88 Å². The average Bonchev–Trinajstić information content (AvgIpc) is 3.37. The molecule has 1 atom stereocenters. The number of ketones is 1. The standard InChI is InChI=1S/C29H33N3O2S/c1-21-9-11-22(12-10-21)27-25(18-23-6-4-8-26(30-23)31-13-15-34-16-14-31)28(33)29(2,3)20-32(27)19-24-7-5-17-35-24/h4-12,17-18,27H,13-16,19-20H2,1-3H3/b25-18-. The Morgan fingerprint density at radius 2 is 1.86 bits per heavy atom. The van der Waals surface area contributed by atoms with Crippen LogP contribution in [0.1, 0.15) is 41.6 Å². The van der Waals surface area contributed by atoms with E-state index in [0.29, 0.717) is 19.8 Å². The molecule has 182 valence electrons. The first-order chi connectivity index (χ1) is 16.9. The number of rotatable bonds is 5. The van der Waals surface area contributed by atoms with Crippen LogP contribution in [0.15, 0.2) is 65.6 Å². The predicted octanol–water partition coefficient (Wildman–Crippen LogP) is 5.52. The number of thiophene rings is 1. The highest BCUT2D eigenvalue weighted by Gasteiger charge is 2.44. The van der Waals surface area contributed by atoms with Gasteiger partial charge in [-0.1, -0.05) is 55.8 Å². The molecular weight excluding hydrogens is 454 g/mol. The summed E-state index contributed by atoms with van der Waals surface area (Å²) < 4.78 is 5.51. The zero-order chi connectivity index (χ0) is 24.4. The second kappa shape index (κ2) is 10.1. The van der Waals surface area contributed by atoms with Crippen LogP contribution in [0.5, 0.6) is 0 Å². The highest BCUT2D eigenvalue weighted by atomic mass is 32.1. The molecule has 35 heavy (non-hydrogen) atoms. The number of ether oxygens (including phenoxy) is 1. The molecule has 0 N–H and O–H groups in total. The van der Waals surface area contributed by atoms with Crippen LogP contribution in [0.4, 0.5) is 5.82 Å². The number of carbonyl (C=O) groups excluding carboxylic acids is 1. The second-order valence-electron chi connectivity index (χ2n) is 10.1. The van der Waals surface area contributed by atoms with Gasteiger partial charge >= 0.3 is 0 Å². The zero-order valence-electron chi connectivity index (χ0n) is 20.7. The normalized spacial score (nSPS) is 22.0. The lowest BCUT2D eigenvalue weighted by Crippen LogP contribution is -2.48. The Balaban J connectivity index is 1.58. The number of carbonyl (C=O) groups is 1. The highest BCUT2D eigenvalue weighted by molar-refractivity contribution is 7.09. The quantitative estimate of drug-likeness (QED) is 0.443. The summed E-state index contributed by atoms with van der Waals surface area (Å²) in [7, 11) is 0. The maximum absolute atomic E-state index is 13.9. The van der Waals surface area contributed by atoms with Gasteiger partial charge in [-0.3, -0.25) is 9.69 Å². The SMILES string of the molecule is Cc1ccc(C2/C(=C/c3cccc(N4CCOCC4)n3)C(=O)C(C)(C)CN2Cc2cccs2)cc1. The Morgan fingerprint density at radius 3 is 2.57 bits per heavy atom. The lowest BCUT2D eigenvalue weighted by atomic mass is 9.74. The number of anilines is 1. The van der Waals surface area contributed by atoms with Crippen molar-refractivity contribution < 1.29 is 9.53 Å². The number of morpholine rings is 1. The molecule has 2 aliphatic rings. The molecular formula is C29H33N3O2S. The smallest absolute Gasteiger partial charge is 0.167 e. The number of likely N-dealkylation sites (tertiary alicyclic amines) is 1. The van der Waals surface area contributed by atoms with Crippen LogP contribution in [0.25, 0.3) is 6.08 Å². The van der Waals surface area contributed by atoms with E-state index in [9.17, 15) is 4.79 Å². The number of piperidine rings is 1. The molecule has 0 aliphatic carbocycles. The number of nitrogens with zero attached hydrogens (tertiary/aromatic N) is 3. The zero-order valence-corrected chi connectivity index (χ0v) is 21.6. The van der Waals surface area contributed by atoms with E-state index >= 15 is 0 Å². The van der Waals surface area contributed by atoms with Crippen LogP contribution in [0.3, 0.4) is 0 Å². The number of Topliss-reactive ketones (excluding diaryl/α,β-unsaturated/α-hetero) is 1. The summed E-state index contributed by atoms with van der Waals surface area (Å²) >= 11 is 1.77. The van der Waals surface area contributed by atoms with Crippen LogP contribution in [-0.4, -0.2) is 48.5 Å². The van der Waals surface area contributed by atoms with Crippen molar-refractivity contribution >= 4 is 29.0 Å². The molecule has 6 heteroatoms. The van der Waals surface area contributed by atoms with Crippen molar-refractivity contribution in [2.75, 3.05) is 37.7 Å². The summed E-state index contributed by atoms with van der Waals surface area (Å²) in [6.07, 6.45) is 2.03. The Labute approximate surface area is 212 Å². The Kier molecular flexibility index (Phi) is 6.87. The maximum atomic E-state index is 13.9. The first kappa shape index (κ1) is 23.9. The van der Waals surface area contributed by atoms with Crippen molar-refractivity contribution in [2.45, 2.75) is 33.4 Å². The maximum Gasteiger partial charge on any atom is 0.167 e. The topological polar surface area (TPSA) is 45.7 Å². The van der Waals surface area contributed by atoms with Crippen molar-refractivity contribution in [3.8, 4) is 0 Å². The minimum atomic E-state index is -0.480. The summed E-state index contributed by atoms with van der Waals surface area (Å²) in [6.45, 7) is 10.8. The van der Waals surface area contributed by atoms with Crippen molar-refractivity contribution in [3.05, 3.63) is 87.2 Å². The highest BCUT2D eigenvalue weighted by Crippen LogP contribution is 2.42. The molecule has 5 nitrogen and oxygen atoms in total. The van der Waals surface area contributed by atoms with Gasteiger partial charge in [-0.15, -0.1) is 11.3 Å². The van der Waals surface area contributed by atoms with E-state index in [0.717, 1.165) is 42.3 Å². The fourth-order valence-electron chi connectivity index (χ4n) is 5.06. The summed E-state index contributed by atoms with van der Waals surface area (Å²) in [4.78, 5) is 24.8. The molecule has 1 unspecified atom stereocenters. The molecule has 0 radical (unpaired) electrons. The number of hydrogen-bond donors (Lipinski definition) is 0. The fourth-order valence-corrected chi connectivity index (χ4v) is 5.79. The number of hydrogen-bond acceptors (Lipinski definition) is 6. The first-order valence-corrected chi connectivity index (χ1v) is 13.2. The monoisotopic (exact) mass is 487 g/mol. The largest absolute Gasteiger partial charge is 0.378 e. The van der Waals surface area contributed by atoms with E-state index in [2.05, 4.69) is 72.3 Å². The average molecular weight is 488 g/mol. The molecule has 4 heterocycles. The predicted molar refractivity (Wildman–Crippen MR) is 143 cm³/mol. The van der Waals surface area contributed by atoms with Gasteiger partial charge in [0.15, 0.2) is 5.78 Å². The molecule has 3 aromatic rings. The molecule has 0 spiro atoms. The van der Waals surface area contributed by atoms with E-state index in [-0.39, 0.29) is 11.8 Å². The molecule has 2 aromatic heterocycles. The van der Waals surface area contributed by atoms with Gasteiger partial charge in [-0.05, 0) is 42.1 Å². The van der Waals surface area contributed by atoms with Crippen LogP contribution >= 0.6 is 11.3 Å². The van der Waals surface area contributed by atoms with Gasteiger partial charge in [0, 0.05) is 42.0 Å². The van der Waals surface area contributed by atoms with Gasteiger partial charge < -0.3 is 9.64 Å². The van der Waals surface area contributed by atoms with E-state index in [4.69, 9.17) is 9.72 Å². The summed E-state index contributed by atoms with van der Waals surface area (Å²) in [5.41, 5.74) is 3.51. The van der Waals surface area contributed by atoms with Gasteiger partial charge in [-0.2, -0.15) is 0 Å². The lowest BCUT2D eigenvalue weighted by molar-refractivity contribution is -0.128. The second-order valence-corrected chi connectivity index (χ2v) is 11.2. The van der Waals surface area contributed by atoms with Gasteiger partial charge in [-0.25, -0.2) is 4.98 Å². The van der Waals surface area contributed by atoms with Crippen LogP contribution in [0, 0.1) is 12.3 Å². The minimum absolute atomic E-state index is 0.118. The number of pyridine rings is 1. The third-order valence-electron chi connectivity index (χ3n) is 6.86. The lowest BCUT2D eigenvalue weighted by Gasteiger charge is -2.44. The molecule has 2 saturated heterocycles. The number of aromatic nitrogens is 1. The molecule has 2 fully saturated rings. The molecule has 5 rings (SSSR count). The third kappa shape index (κ3) is 5.25. The summed E-state index contributed by atoms with van der Waals surface area (Å²) in [5.74, 6) is 1.14. The molecule has 0 saturated carbocycles. The Morgan fingerprint density at radius 1 is 1.09 bits per heavy atom. The van der Waals surface area contributed by atoms with Crippen molar-refractivity contribution in [2.24, 2.45) is 5.41 Å². The van der Waals surface area contributed by atoms with E-state index in [1.165, 1.54) is 10.4 Å². The molecule has 0 amide bonds. The molecule has 0 bridgehead atoms. The van der Waals surface area contributed by atoms with Crippen LogP contribution < -0.4 is 4.90 Å². The van der Waals surface area contributed by atoms with E-state index < -0.39 is 5.41 Å². The number of benzene rings is 1. The summed E-state index contributed by atoms with van der Waals surface area (Å²) in [5, 5.41) is 2.12. The minimum Gasteiger partial charge on any atom is -0.378 e. The first-order valence-electron chi connectivity index (χ1n) is 12.3. The fraction of sp³-hybridized carbons (Fsp3) is 0.379. The number of aryl methyl sites for hydroxylation is 1. The molecule has 2 aliphatic heterocycles. The van der Waals surface area contributed by atoms with Crippen LogP contribution in [0.2, 0.25) is 0 Å². The third-order valence-corrected chi connectivity index (χ3v) is 7.72. The van der Waals surface area contributed by atoms with Gasteiger partial charge in [0.2, 0.25) is 0 Å². The van der Waals surface area contributed by atoms with Crippen LogP contribution in [-0.2, 0) is 16.1 Å². The Hall–Kier alpha value is -2.80. The van der Waals surface area contributed by atoms with Gasteiger partial charge in [0.25, 0.3) is 0 Å². The van der Waals surface area contributed by atoms with Gasteiger partial charge in [0.05, 0.1) is 24.9 Å². The van der Waals surface area contributed by atoms with E-state index in [1.54, 1.807) is 11.3 Å². The Bertz CT molecular complexity index is 1190. The van der Waals surface area contributed by atoms with E-state index in [1.807, 2.05) is 24.3 Å². The summed E-state index contributed by atoms with van der Waals surface area (Å²) in [6, 6.07) is 18.8. The van der Waals surface area contributed by atoms with Crippen molar-refractivity contribution in [1.29, 1.82) is 0 Å².